The SMILES string of the molecule is COC(=O)CS(=O)(=O)Nc1ccc([C@H]2CC(=O)c3cc(OC)c(OC)cc3-n3cccc32)cc1. The van der Waals surface area contributed by atoms with Crippen LogP contribution in [0.25, 0.3) is 5.69 Å². The zero-order chi connectivity index (χ0) is 24.5. The van der Waals surface area contributed by atoms with Gasteiger partial charge in [0.05, 0.1) is 27.0 Å². The van der Waals surface area contributed by atoms with Crippen LogP contribution < -0.4 is 14.2 Å². The van der Waals surface area contributed by atoms with Crippen molar-refractivity contribution >= 4 is 27.5 Å². The molecule has 1 N–H and O–H groups in total. The Balaban J connectivity index is 1.67. The van der Waals surface area contributed by atoms with Gasteiger partial charge in [0, 0.05) is 41.5 Å². The third-order valence-corrected chi connectivity index (χ3v) is 6.87. The van der Waals surface area contributed by atoms with Crippen molar-refractivity contribution in [3.63, 3.8) is 0 Å². The molecule has 1 aromatic heterocycles. The van der Waals surface area contributed by atoms with E-state index in [4.69, 9.17) is 9.47 Å². The molecule has 34 heavy (non-hydrogen) atoms. The minimum Gasteiger partial charge on any atom is -0.493 e. The molecule has 1 atom stereocenters. The van der Waals surface area contributed by atoms with Crippen molar-refractivity contribution in [1.29, 1.82) is 0 Å². The van der Waals surface area contributed by atoms with E-state index in [-0.39, 0.29) is 18.1 Å². The van der Waals surface area contributed by atoms with Crippen molar-refractivity contribution in [1.82, 2.24) is 4.57 Å². The highest BCUT2D eigenvalue weighted by Crippen LogP contribution is 2.40. The fourth-order valence-corrected chi connectivity index (χ4v) is 5.09. The van der Waals surface area contributed by atoms with Gasteiger partial charge in [0.15, 0.2) is 23.0 Å². The topological polar surface area (TPSA) is 113 Å². The van der Waals surface area contributed by atoms with E-state index in [0.717, 1.165) is 18.4 Å². The second-order valence-corrected chi connectivity index (χ2v) is 9.49. The van der Waals surface area contributed by atoms with Gasteiger partial charge in [0.1, 0.15) is 0 Å². The van der Waals surface area contributed by atoms with Crippen molar-refractivity contribution < 1.29 is 32.2 Å². The van der Waals surface area contributed by atoms with Gasteiger partial charge in [-0.05, 0) is 35.9 Å². The highest BCUT2D eigenvalue weighted by molar-refractivity contribution is 7.93. The van der Waals surface area contributed by atoms with Crippen molar-refractivity contribution in [2.45, 2.75) is 12.3 Å². The monoisotopic (exact) mass is 484 g/mol. The van der Waals surface area contributed by atoms with Crippen LogP contribution in [-0.4, -0.2) is 51.8 Å². The van der Waals surface area contributed by atoms with Gasteiger partial charge in [-0.25, -0.2) is 8.42 Å². The third kappa shape index (κ3) is 4.49. The van der Waals surface area contributed by atoms with Crippen molar-refractivity contribution in [3.8, 4) is 17.2 Å². The van der Waals surface area contributed by atoms with Crippen molar-refractivity contribution in [2.75, 3.05) is 31.8 Å². The zero-order valence-electron chi connectivity index (χ0n) is 18.9. The molecule has 0 saturated heterocycles. The third-order valence-electron chi connectivity index (χ3n) is 5.71. The number of Topliss-reactive ketones (excluding diaryl/α,β-unsaturated/α-hetero) is 1. The number of sulfonamides is 1. The predicted octanol–water partition coefficient (Wildman–Crippen LogP) is 3.13. The smallest absolute Gasteiger partial charge is 0.322 e. The molecule has 1 aliphatic heterocycles. The van der Waals surface area contributed by atoms with E-state index in [1.165, 1.54) is 7.11 Å². The zero-order valence-corrected chi connectivity index (χ0v) is 19.7. The molecule has 0 saturated carbocycles. The van der Waals surface area contributed by atoms with Crippen LogP contribution in [0.3, 0.4) is 0 Å². The van der Waals surface area contributed by atoms with Crippen LogP contribution in [0.5, 0.6) is 11.5 Å². The minimum atomic E-state index is -3.89. The molecule has 9 nitrogen and oxygen atoms in total. The first kappa shape index (κ1) is 23.4. The first-order chi connectivity index (χ1) is 16.3. The van der Waals surface area contributed by atoms with Gasteiger partial charge in [0.2, 0.25) is 10.0 Å². The molecular weight excluding hydrogens is 460 g/mol. The number of rotatable bonds is 7. The number of aromatic nitrogens is 1. The summed E-state index contributed by atoms with van der Waals surface area (Å²) in [5.74, 6) is -0.933. The number of hydrogen-bond donors (Lipinski definition) is 1. The van der Waals surface area contributed by atoms with Crippen LogP contribution >= 0.6 is 0 Å². The normalized spacial score (nSPS) is 15.0. The van der Waals surface area contributed by atoms with Crippen LogP contribution in [0.4, 0.5) is 5.69 Å². The molecular formula is C24H24N2O7S. The maximum Gasteiger partial charge on any atom is 0.322 e. The number of carbonyl (C=O) groups is 2. The average Bonchev–Trinajstić information content (AvgIpc) is 3.27. The molecule has 0 aliphatic carbocycles. The Kier molecular flexibility index (Phi) is 6.34. The summed E-state index contributed by atoms with van der Waals surface area (Å²) in [6.07, 6.45) is 2.11. The van der Waals surface area contributed by atoms with Gasteiger partial charge in [-0.15, -0.1) is 0 Å². The van der Waals surface area contributed by atoms with E-state index in [0.29, 0.717) is 28.4 Å². The molecule has 10 heteroatoms. The summed E-state index contributed by atoms with van der Waals surface area (Å²) in [5.41, 5.74) is 3.30. The van der Waals surface area contributed by atoms with E-state index < -0.39 is 21.7 Å². The number of esters is 1. The lowest BCUT2D eigenvalue weighted by atomic mass is 9.90. The molecule has 3 aromatic rings. The molecule has 0 amide bonds. The minimum absolute atomic E-state index is 0.0486. The number of nitrogens with one attached hydrogen (secondary N) is 1. The molecule has 0 fully saturated rings. The maximum atomic E-state index is 13.3. The summed E-state index contributed by atoms with van der Waals surface area (Å²) in [6, 6.07) is 14.1. The number of anilines is 1. The molecule has 4 rings (SSSR count). The van der Waals surface area contributed by atoms with Crippen molar-refractivity contribution in [3.05, 3.63) is 71.5 Å². The predicted molar refractivity (Wildman–Crippen MR) is 126 cm³/mol. The number of carbonyl (C=O) groups excluding carboxylic acids is 2. The summed E-state index contributed by atoms with van der Waals surface area (Å²) in [4.78, 5) is 24.6. The Bertz CT molecular complexity index is 1340. The summed E-state index contributed by atoms with van der Waals surface area (Å²) in [7, 11) is 0.301. The van der Waals surface area contributed by atoms with Crippen LogP contribution in [-0.2, 0) is 19.6 Å². The lowest BCUT2D eigenvalue weighted by Gasteiger charge is -2.17. The number of nitrogens with zero attached hydrogens (tertiary/aromatic N) is 1. The van der Waals surface area contributed by atoms with Crippen LogP contribution in [0.2, 0.25) is 0 Å². The van der Waals surface area contributed by atoms with E-state index >= 15 is 0 Å². The highest BCUT2D eigenvalue weighted by Gasteiger charge is 2.30. The lowest BCUT2D eigenvalue weighted by molar-refractivity contribution is -0.137. The first-order valence-electron chi connectivity index (χ1n) is 10.4. The Morgan fingerprint density at radius 2 is 1.74 bits per heavy atom. The van der Waals surface area contributed by atoms with Gasteiger partial charge in [-0.2, -0.15) is 0 Å². The average molecular weight is 485 g/mol. The van der Waals surface area contributed by atoms with Gasteiger partial charge < -0.3 is 18.8 Å². The van der Waals surface area contributed by atoms with E-state index in [1.807, 2.05) is 22.9 Å². The molecule has 2 aromatic carbocycles. The Labute approximate surface area is 197 Å². The fraction of sp³-hybridized carbons (Fsp3) is 0.250. The summed E-state index contributed by atoms with van der Waals surface area (Å²) >= 11 is 0. The highest BCUT2D eigenvalue weighted by atomic mass is 32.2. The van der Waals surface area contributed by atoms with Gasteiger partial charge in [0.25, 0.3) is 0 Å². The summed E-state index contributed by atoms with van der Waals surface area (Å²) in [5, 5.41) is 0. The quantitative estimate of drug-likeness (QED) is 0.513. The molecule has 0 spiro atoms. The number of fused-ring (bicyclic) bond motifs is 3. The Morgan fingerprint density at radius 1 is 1.06 bits per heavy atom. The number of ketones is 1. The fourth-order valence-electron chi connectivity index (χ4n) is 4.09. The Morgan fingerprint density at radius 3 is 2.38 bits per heavy atom. The standard InChI is InChI=1S/C24H24N2O7S/c1-31-22-12-18-20(13-23(22)32-2)26-10-4-5-19(26)17(11-21(18)27)15-6-8-16(9-7-15)25-34(29,30)14-24(28)33-3/h4-10,12-13,17,25H,11,14H2,1-3H3/t17-/m1/s1. The van der Waals surface area contributed by atoms with Gasteiger partial charge in [-0.1, -0.05) is 12.1 Å². The maximum absolute atomic E-state index is 13.3. The summed E-state index contributed by atoms with van der Waals surface area (Å²) < 4.78 is 43.8. The van der Waals surface area contributed by atoms with Gasteiger partial charge in [-0.3, -0.25) is 14.3 Å². The molecule has 2 heterocycles. The van der Waals surface area contributed by atoms with E-state index in [1.54, 1.807) is 43.5 Å². The van der Waals surface area contributed by atoms with E-state index in [9.17, 15) is 18.0 Å². The van der Waals surface area contributed by atoms with Crippen LogP contribution in [0.15, 0.2) is 54.7 Å². The first-order valence-corrected chi connectivity index (χ1v) is 12.1. The molecule has 178 valence electrons. The second-order valence-electron chi connectivity index (χ2n) is 7.77. The van der Waals surface area contributed by atoms with Crippen molar-refractivity contribution in [2.24, 2.45) is 0 Å². The number of methoxy groups -OCH3 is 3. The number of ether oxygens (including phenoxy) is 3. The lowest BCUT2D eigenvalue weighted by Crippen LogP contribution is -2.23. The largest absolute Gasteiger partial charge is 0.493 e. The number of hydrogen-bond acceptors (Lipinski definition) is 7. The Hall–Kier alpha value is -3.79. The molecule has 0 radical (unpaired) electrons. The van der Waals surface area contributed by atoms with Crippen LogP contribution in [0.1, 0.15) is 34.0 Å². The van der Waals surface area contributed by atoms with Crippen LogP contribution in [0, 0.1) is 0 Å². The van der Waals surface area contributed by atoms with Gasteiger partial charge >= 0.3 is 5.97 Å². The number of benzene rings is 2. The summed E-state index contributed by atoms with van der Waals surface area (Å²) in [6.45, 7) is 0. The molecule has 1 aliphatic rings. The molecule has 0 unspecified atom stereocenters. The molecule has 0 bridgehead atoms. The second kappa shape index (κ2) is 9.22. The van der Waals surface area contributed by atoms with E-state index in [2.05, 4.69) is 9.46 Å².